The molecule has 2 heterocycles. The Morgan fingerprint density at radius 3 is 2.62 bits per heavy atom. The Bertz CT molecular complexity index is 911. The fraction of sp³-hybridized carbons (Fsp3) is 0.560. The van der Waals surface area contributed by atoms with Crippen LogP contribution in [0.2, 0.25) is 0 Å². The Kier molecular flexibility index (Phi) is 8.65. The monoisotopic (exact) mass is 472 g/mol. The summed E-state index contributed by atoms with van der Waals surface area (Å²) in [5, 5.41) is 10.3. The predicted molar refractivity (Wildman–Crippen MR) is 139 cm³/mol. The molecule has 0 saturated carbocycles. The molecule has 1 saturated heterocycles. The highest BCUT2D eigenvalue weighted by molar-refractivity contribution is 7.80. The average molecular weight is 473 g/mol. The van der Waals surface area contributed by atoms with E-state index >= 15 is 0 Å². The molecule has 0 aliphatic carbocycles. The second-order valence-electron chi connectivity index (χ2n) is 9.52. The van der Waals surface area contributed by atoms with E-state index < -0.39 is 0 Å². The van der Waals surface area contributed by atoms with Crippen molar-refractivity contribution in [3.8, 4) is 0 Å². The Hall–Kier alpha value is -1.99. The minimum Gasteiger partial charge on any atom is -0.363 e. The summed E-state index contributed by atoms with van der Waals surface area (Å²) >= 11 is 7.16. The summed E-state index contributed by atoms with van der Waals surface area (Å²) < 4.78 is 0. The Morgan fingerprint density at radius 2 is 1.94 bits per heavy atom. The zero-order chi connectivity index (χ0) is 23.1. The molecular weight excluding hydrogens is 436 g/mol. The number of benzene rings is 1. The van der Waals surface area contributed by atoms with Crippen LogP contribution in [-0.4, -0.2) is 40.5 Å². The molecule has 5 nitrogen and oxygen atoms in total. The summed E-state index contributed by atoms with van der Waals surface area (Å²) in [6.07, 6.45) is 5.64. The summed E-state index contributed by atoms with van der Waals surface area (Å²) in [6.45, 7) is 11.5. The first-order valence-corrected chi connectivity index (χ1v) is 13.0. The van der Waals surface area contributed by atoms with E-state index in [9.17, 15) is 4.79 Å². The van der Waals surface area contributed by atoms with Gasteiger partial charge in [0.15, 0.2) is 5.11 Å². The van der Waals surface area contributed by atoms with Crippen LogP contribution in [0.15, 0.2) is 29.6 Å². The number of hydrogen-bond acceptors (Lipinski definition) is 4. The lowest BCUT2D eigenvalue weighted by Crippen LogP contribution is -2.44. The summed E-state index contributed by atoms with van der Waals surface area (Å²) in [5.74, 6) is 0.252. The summed E-state index contributed by atoms with van der Waals surface area (Å²) in [4.78, 5) is 19.8. The van der Waals surface area contributed by atoms with Gasteiger partial charge in [0.25, 0.3) is 5.91 Å². The van der Waals surface area contributed by atoms with Gasteiger partial charge in [-0.3, -0.25) is 4.79 Å². The van der Waals surface area contributed by atoms with E-state index in [-0.39, 0.29) is 11.3 Å². The standard InChI is InChI=1S/C25H36N4OS2/c1-5-6-9-14-26-24(31)29-15-12-18(13-16-29)23-28-21(17-32-23)22(30)27-20-11-8-7-10-19(20)25(2,3)4/h7-8,10-11,17-18H,5-6,9,12-16H2,1-4H3,(H,26,31)(H,27,30). The zero-order valence-electron chi connectivity index (χ0n) is 19.7. The SMILES string of the molecule is CCCCCNC(=S)N1CCC(c2nc(C(=O)Nc3ccccc3C(C)(C)C)cs2)CC1. The number of anilines is 1. The number of para-hydroxylation sites is 1. The number of unbranched alkanes of at least 4 members (excludes halogenated alkanes) is 2. The third kappa shape index (κ3) is 6.51. The molecule has 32 heavy (non-hydrogen) atoms. The maximum Gasteiger partial charge on any atom is 0.275 e. The molecule has 0 radical (unpaired) electrons. The largest absolute Gasteiger partial charge is 0.363 e. The number of rotatable bonds is 7. The van der Waals surface area contributed by atoms with Gasteiger partial charge in [0.05, 0.1) is 5.01 Å². The first kappa shape index (κ1) is 24.6. The van der Waals surface area contributed by atoms with Gasteiger partial charge in [0.1, 0.15) is 5.69 Å². The fourth-order valence-electron chi connectivity index (χ4n) is 4.02. The van der Waals surface area contributed by atoms with Crippen LogP contribution in [0.3, 0.4) is 0 Å². The number of nitrogens with one attached hydrogen (secondary N) is 2. The van der Waals surface area contributed by atoms with Crippen molar-refractivity contribution in [1.29, 1.82) is 0 Å². The molecule has 1 aliphatic heterocycles. The number of hydrogen-bond donors (Lipinski definition) is 2. The maximum atomic E-state index is 12.9. The van der Waals surface area contributed by atoms with Crippen LogP contribution in [0, 0.1) is 0 Å². The molecule has 1 aromatic heterocycles. The molecule has 1 fully saturated rings. The van der Waals surface area contributed by atoms with E-state index in [0.717, 1.165) is 60.3 Å². The first-order valence-electron chi connectivity index (χ1n) is 11.7. The van der Waals surface area contributed by atoms with E-state index in [1.807, 2.05) is 23.6 Å². The van der Waals surface area contributed by atoms with Crippen LogP contribution in [0.5, 0.6) is 0 Å². The molecule has 1 amide bonds. The lowest BCUT2D eigenvalue weighted by Gasteiger charge is -2.33. The molecule has 0 spiro atoms. The van der Waals surface area contributed by atoms with Crippen molar-refractivity contribution in [2.75, 3.05) is 25.0 Å². The van der Waals surface area contributed by atoms with Crippen molar-refractivity contribution in [2.45, 2.75) is 71.1 Å². The minimum atomic E-state index is -0.140. The van der Waals surface area contributed by atoms with Gasteiger partial charge in [0, 0.05) is 36.6 Å². The van der Waals surface area contributed by atoms with Crippen molar-refractivity contribution in [2.24, 2.45) is 0 Å². The van der Waals surface area contributed by atoms with Crippen LogP contribution in [-0.2, 0) is 5.41 Å². The third-order valence-corrected chi connectivity index (χ3v) is 7.34. The summed E-state index contributed by atoms with van der Waals surface area (Å²) in [6, 6.07) is 7.99. The Balaban J connectivity index is 1.54. The van der Waals surface area contributed by atoms with Crippen LogP contribution < -0.4 is 10.6 Å². The van der Waals surface area contributed by atoms with Gasteiger partial charge in [-0.1, -0.05) is 58.7 Å². The summed E-state index contributed by atoms with van der Waals surface area (Å²) in [5.41, 5.74) is 2.43. The summed E-state index contributed by atoms with van der Waals surface area (Å²) in [7, 11) is 0. The van der Waals surface area contributed by atoms with Gasteiger partial charge in [-0.25, -0.2) is 4.98 Å². The smallest absolute Gasteiger partial charge is 0.275 e. The van der Waals surface area contributed by atoms with Crippen molar-refractivity contribution >= 4 is 40.3 Å². The third-order valence-electron chi connectivity index (χ3n) is 5.93. The number of piperidine rings is 1. The van der Waals surface area contributed by atoms with Crippen molar-refractivity contribution < 1.29 is 4.79 Å². The number of likely N-dealkylation sites (tertiary alicyclic amines) is 1. The number of thiazole rings is 1. The quantitative estimate of drug-likeness (QED) is 0.386. The molecule has 3 rings (SSSR count). The molecular formula is C25H36N4OS2. The number of nitrogens with zero attached hydrogens (tertiary/aromatic N) is 2. The van der Waals surface area contributed by atoms with E-state index in [1.54, 1.807) is 11.3 Å². The van der Waals surface area contributed by atoms with Gasteiger partial charge < -0.3 is 15.5 Å². The normalized spacial score (nSPS) is 14.9. The lowest BCUT2D eigenvalue weighted by atomic mass is 9.86. The van der Waals surface area contributed by atoms with Crippen molar-refractivity contribution in [3.63, 3.8) is 0 Å². The fourth-order valence-corrected chi connectivity index (χ4v) is 5.28. The van der Waals surface area contributed by atoms with E-state index in [1.165, 1.54) is 12.8 Å². The molecule has 7 heteroatoms. The molecule has 1 aliphatic rings. The van der Waals surface area contributed by atoms with Crippen LogP contribution in [0.1, 0.15) is 86.8 Å². The highest BCUT2D eigenvalue weighted by Crippen LogP contribution is 2.32. The topological polar surface area (TPSA) is 57.3 Å². The lowest BCUT2D eigenvalue weighted by molar-refractivity contribution is 0.102. The molecule has 0 unspecified atom stereocenters. The van der Waals surface area contributed by atoms with Crippen LogP contribution in [0.25, 0.3) is 0 Å². The molecule has 0 bridgehead atoms. The number of carbonyl (C=O) groups excluding carboxylic acids is 1. The Morgan fingerprint density at radius 1 is 1.22 bits per heavy atom. The van der Waals surface area contributed by atoms with Crippen molar-refractivity contribution in [1.82, 2.24) is 15.2 Å². The molecule has 2 aromatic rings. The first-order chi connectivity index (χ1) is 15.3. The van der Waals surface area contributed by atoms with Gasteiger partial charge in [-0.2, -0.15) is 0 Å². The molecule has 2 N–H and O–H groups in total. The van der Waals surface area contributed by atoms with Gasteiger partial charge in [-0.15, -0.1) is 11.3 Å². The molecule has 0 atom stereocenters. The van der Waals surface area contributed by atoms with Crippen molar-refractivity contribution in [3.05, 3.63) is 45.9 Å². The van der Waals surface area contributed by atoms with E-state index in [2.05, 4.69) is 49.3 Å². The van der Waals surface area contributed by atoms with E-state index in [0.29, 0.717) is 11.6 Å². The highest BCUT2D eigenvalue weighted by Gasteiger charge is 2.25. The Labute approximate surface area is 202 Å². The van der Waals surface area contributed by atoms with Crippen LogP contribution in [0.4, 0.5) is 5.69 Å². The van der Waals surface area contributed by atoms with Crippen LogP contribution >= 0.6 is 23.6 Å². The number of carbonyl (C=O) groups is 1. The maximum absolute atomic E-state index is 12.9. The average Bonchev–Trinajstić information content (AvgIpc) is 3.27. The van der Waals surface area contributed by atoms with Gasteiger partial charge >= 0.3 is 0 Å². The second-order valence-corrected chi connectivity index (χ2v) is 10.8. The zero-order valence-corrected chi connectivity index (χ0v) is 21.4. The highest BCUT2D eigenvalue weighted by atomic mass is 32.1. The number of amides is 1. The minimum absolute atomic E-state index is 0.0451. The predicted octanol–water partition coefficient (Wildman–Crippen LogP) is 5.94. The molecule has 174 valence electrons. The van der Waals surface area contributed by atoms with Gasteiger partial charge in [0.2, 0.25) is 0 Å². The molecule has 1 aromatic carbocycles. The number of aromatic nitrogens is 1. The number of thiocarbonyl (C=S) groups is 1. The second kappa shape index (κ2) is 11.2. The van der Waals surface area contributed by atoms with Gasteiger partial charge in [-0.05, 0) is 48.5 Å². The van der Waals surface area contributed by atoms with E-state index in [4.69, 9.17) is 17.2 Å².